The standard InChI is InChI=1S/C14H16Cl2O3/c1-7-4-9(10(5-7)14(18)19)13(17)11-6-8(15)2-3-12(11)16/h2-3,6-7,9-10,13,17H,4-5H2,1H3,(H,18,19). The second-order valence-electron chi connectivity index (χ2n) is 5.30. The second-order valence-corrected chi connectivity index (χ2v) is 6.14. The predicted octanol–water partition coefficient (Wildman–Crippen LogP) is 3.77. The molecule has 0 saturated heterocycles. The van der Waals surface area contributed by atoms with Gasteiger partial charge in [-0.15, -0.1) is 0 Å². The lowest BCUT2D eigenvalue weighted by Gasteiger charge is -2.23. The van der Waals surface area contributed by atoms with Gasteiger partial charge in [0.25, 0.3) is 0 Å². The molecule has 1 aromatic carbocycles. The van der Waals surface area contributed by atoms with Crippen LogP contribution in [0.25, 0.3) is 0 Å². The predicted molar refractivity (Wildman–Crippen MR) is 74.4 cm³/mol. The zero-order valence-electron chi connectivity index (χ0n) is 10.5. The van der Waals surface area contributed by atoms with Gasteiger partial charge in [0.1, 0.15) is 0 Å². The summed E-state index contributed by atoms with van der Waals surface area (Å²) in [7, 11) is 0. The molecule has 0 bridgehead atoms. The Hall–Kier alpha value is -0.770. The lowest BCUT2D eigenvalue weighted by molar-refractivity contribution is -0.144. The van der Waals surface area contributed by atoms with E-state index in [2.05, 4.69) is 0 Å². The summed E-state index contributed by atoms with van der Waals surface area (Å²) in [5.74, 6) is -1.41. The molecule has 0 aliphatic heterocycles. The van der Waals surface area contributed by atoms with Crippen molar-refractivity contribution < 1.29 is 15.0 Å². The molecule has 1 aromatic rings. The molecule has 4 atom stereocenters. The molecule has 5 heteroatoms. The first kappa shape index (κ1) is 14.6. The van der Waals surface area contributed by atoms with Gasteiger partial charge >= 0.3 is 5.97 Å². The van der Waals surface area contributed by atoms with Gasteiger partial charge in [0.05, 0.1) is 12.0 Å². The van der Waals surface area contributed by atoms with Gasteiger partial charge in [-0.1, -0.05) is 30.1 Å². The Bertz CT molecular complexity index is 490. The molecule has 19 heavy (non-hydrogen) atoms. The Morgan fingerprint density at radius 2 is 2.05 bits per heavy atom. The summed E-state index contributed by atoms with van der Waals surface area (Å²) in [6.45, 7) is 2.00. The highest BCUT2D eigenvalue weighted by Gasteiger charge is 2.41. The lowest BCUT2D eigenvalue weighted by Crippen LogP contribution is -2.24. The number of rotatable bonds is 3. The van der Waals surface area contributed by atoms with Gasteiger partial charge < -0.3 is 10.2 Å². The Labute approximate surface area is 122 Å². The van der Waals surface area contributed by atoms with Crippen molar-refractivity contribution in [1.82, 2.24) is 0 Å². The van der Waals surface area contributed by atoms with Crippen LogP contribution in [0.1, 0.15) is 31.4 Å². The smallest absolute Gasteiger partial charge is 0.306 e. The van der Waals surface area contributed by atoms with Crippen LogP contribution in [0.15, 0.2) is 18.2 Å². The Morgan fingerprint density at radius 1 is 1.37 bits per heavy atom. The minimum absolute atomic E-state index is 0.290. The Kier molecular flexibility index (Phi) is 4.39. The number of carboxylic acid groups (broad SMARTS) is 1. The van der Waals surface area contributed by atoms with Crippen molar-refractivity contribution in [3.8, 4) is 0 Å². The first-order valence-electron chi connectivity index (χ1n) is 6.26. The van der Waals surface area contributed by atoms with Crippen LogP contribution in [-0.2, 0) is 4.79 Å². The third kappa shape index (κ3) is 3.04. The highest BCUT2D eigenvalue weighted by molar-refractivity contribution is 6.33. The monoisotopic (exact) mass is 302 g/mol. The van der Waals surface area contributed by atoms with Crippen LogP contribution in [0, 0.1) is 17.8 Å². The summed E-state index contributed by atoms with van der Waals surface area (Å²) in [6, 6.07) is 4.87. The summed E-state index contributed by atoms with van der Waals surface area (Å²) < 4.78 is 0. The van der Waals surface area contributed by atoms with Crippen molar-refractivity contribution in [2.75, 3.05) is 0 Å². The van der Waals surface area contributed by atoms with E-state index in [-0.39, 0.29) is 5.92 Å². The Balaban J connectivity index is 2.29. The molecule has 0 heterocycles. The van der Waals surface area contributed by atoms with E-state index in [0.717, 1.165) is 0 Å². The normalized spacial score (nSPS) is 28.3. The van der Waals surface area contributed by atoms with Crippen LogP contribution >= 0.6 is 23.2 Å². The minimum Gasteiger partial charge on any atom is -0.481 e. The van der Waals surface area contributed by atoms with Crippen molar-refractivity contribution in [1.29, 1.82) is 0 Å². The van der Waals surface area contributed by atoms with Gasteiger partial charge in [-0.2, -0.15) is 0 Å². The fraction of sp³-hybridized carbons (Fsp3) is 0.500. The van der Waals surface area contributed by atoms with Crippen LogP contribution in [0.5, 0.6) is 0 Å². The highest BCUT2D eigenvalue weighted by atomic mass is 35.5. The fourth-order valence-electron chi connectivity index (χ4n) is 2.94. The van der Waals surface area contributed by atoms with E-state index in [1.165, 1.54) is 0 Å². The number of benzene rings is 1. The molecular formula is C14H16Cl2O3. The molecule has 4 unspecified atom stereocenters. The van der Waals surface area contributed by atoms with E-state index in [9.17, 15) is 15.0 Å². The molecular weight excluding hydrogens is 287 g/mol. The maximum Gasteiger partial charge on any atom is 0.306 e. The summed E-state index contributed by atoms with van der Waals surface area (Å²) in [5, 5.41) is 20.6. The zero-order valence-corrected chi connectivity index (χ0v) is 12.0. The minimum atomic E-state index is -0.891. The maximum absolute atomic E-state index is 11.3. The van der Waals surface area contributed by atoms with Gasteiger partial charge in [0, 0.05) is 21.5 Å². The average Bonchev–Trinajstić information content (AvgIpc) is 2.74. The van der Waals surface area contributed by atoms with E-state index >= 15 is 0 Å². The quantitative estimate of drug-likeness (QED) is 0.893. The van der Waals surface area contributed by atoms with E-state index in [1.807, 2.05) is 6.92 Å². The largest absolute Gasteiger partial charge is 0.481 e. The molecule has 0 aromatic heterocycles. The third-order valence-corrected chi connectivity index (χ3v) is 4.43. The van der Waals surface area contributed by atoms with Crippen LogP contribution in [0.4, 0.5) is 0 Å². The van der Waals surface area contributed by atoms with Gasteiger partial charge in [-0.25, -0.2) is 0 Å². The summed E-state index contributed by atoms with van der Waals surface area (Å²) >= 11 is 12.0. The van der Waals surface area contributed by atoms with Crippen LogP contribution in [0.2, 0.25) is 10.0 Å². The van der Waals surface area contributed by atoms with E-state index in [1.54, 1.807) is 18.2 Å². The van der Waals surface area contributed by atoms with Crippen molar-refractivity contribution in [3.05, 3.63) is 33.8 Å². The number of aliphatic hydroxyl groups is 1. The SMILES string of the molecule is CC1CC(C(=O)O)C(C(O)c2cc(Cl)ccc2Cl)C1. The van der Waals surface area contributed by atoms with E-state index in [4.69, 9.17) is 23.2 Å². The molecule has 2 N–H and O–H groups in total. The number of hydrogen-bond acceptors (Lipinski definition) is 2. The van der Waals surface area contributed by atoms with Crippen molar-refractivity contribution in [2.24, 2.45) is 17.8 Å². The van der Waals surface area contributed by atoms with E-state index in [0.29, 0.717) is 34.4 Å². The fourth-order valence-corrected chi connectivity index (χ4v) is 3.35. The molecule has 1 fully saturated rings. The summed E-state index contributed by atoms with van der Waals surface area (Å²) in [5.41, 5.74) is 0.513. The highest BCUT2D eigenvalue weighted by Crippen LogP contribution is 2.45. The van der Waals surface area contributed by atoms with Gasteiger partial charge in [0.15, 0.2) is 0 Å². The van der Waals surface area contributed by atoms with Gasteiger partial charge in [0.2, 0.25) is 0 Å². The summed E-state index contributed by atoms with van der Waals surface area (Å²) in [4.78, 5) is 11.3. The van der Waals surface area contributed by atoms with Crippen LogP contribution < -0.4 is 0 Å². The number of carboxylic acids is 1. The third-order valence-electron chi connectivity index (χ3n) is 3.85. The summed E-state index contributed by atoms with van der Waals surface area (Å²) in [6.07, 6.45) is 0.383. The topological polar surface area (TPSA) is 57.5 Å². The molecule has 1 saturated carbocycles. The molecule has 104 valence electrons. The molecule has 2 rings (SSSR count). The first-order valence-corrected chi connectivity index (χ1v) is 7.01. The molecule has 0 spiro atoms. The van der Waals surface area contributed by atoms with Crippen molar-refractivity contribution in [2.45, 2.75) is 25.9 Å². The van der Waals surface area contributed by atoms with Gasteiger partial charge in [-0.3, -0.25) is 4.79 Å². The number of carbonyl (C=O) groups is 1. The van der Waals surface area contributed by atoms with Crippen LogP contribution in [-0.4, -0.2) is 16.2 Å². The van der Waals surface area contributed by atoms with Crippen molar-refractivity contribution in [3.63, 3.8) is 0 Å². The van der Waals surface area contributed by atoms with Crippen molar-refractivity contribution >= 4 is 29.2 Å². The molecule has 3 nitrogen and oxygen atoms in total. The number of aliphatic carboxylic acids is 1. The van der Waals surface area contributed by atoms with E-state index < -0.39 is 18.0 Å². The number of halogens is 2. The molecule has 1 aliphatic rings. The average molecular weight is 303 g/mol. The molecule has 0 amide bonds. The Morgan fingerprint density at radius 3 is 2.68 bits per heavy atom. The zero-order chi connectivity index (χ0) is 14.2. The number of hydrogen-bond donors (Lipinski definition) is 2. The first-order chi connectivity index (χ1) is 8.90. The lowest BCUT2D eigenvalue weighted by atomic mass is 9.87. The van der Waals surface area contributed by atoms with Gasteiger partial charge in [-0.05, 0) is 37.0 Å². The maximum atomic E-state index is 11.3. The second kappa shape index (κ2) is 5.70. The molecule has 1 aliphatic carbocycles. The number of aliphatic hydroxyl groups excluding tert-OH is 1. The van der Waals surface area contributed by atoms with Crippen LogP contribution in [0.3, 0.4) is 0 Å². The molecule has 0 radical (unpaired) electrons.